The Balaban J connectivity index is 2.59. The highest BCUT2D eigenvalue weighted by Crippen LogP contribution is 2.24. The fourth-order valence-corrected chi connectivity index (χ4v) is 2.79. The van der Waals surface area contributed by atoms with Crippen molar-refractivity contribution in [3.8, 4) is 0 Å². The summed E-state index contributed by atoms with van der Waals surface area (Å²) in [6, 6.07) is 2.40. The monoisotopic (exact) mass is 294 g/mol. The van der Waals surface area contributed by atoms with Gasteiger partial charge in [-0.15, -0.1) is 11.3 Å². The topological polar surface area (TPSA) is 15.3 Å². The number of halogens is 3. The first-order valence-corrected chi connectivity index (χ1v) is 7.06. The molecule has 0 saturated heterocycles. The summed E-state index contributed by atoms with van der Waals surface area (Å²) in [5, 5.41) is 3.31. The molecule has 0 saturated carbocycles. The molecular weight excluding hydrogens is 273 g/mol. The summed E-state index contributed by atoms with van der Waals surface area (Å²) >= 11 is 1.65. The molecule has 1 heterocycles. The van der Waals surface area contributed by atoms with Gasteiger partial charge < -0.3 is 5.32 Å². The molecule has 0 unspecified atom stereocenters. The van der Waals surface area contributed by atoms with E-state index in [1.807, 2.05) is 13.0 Å². The lowest BCUT2D eigenvalue weighted by Gasteiger charge is -2.18. The summed E-state index contributed by atoms with van der Waals surface area (Å²) in [5.41, 5.74) is 0.984. The lowest BCUT2D eigenvalue weighted by atomic mass is 10.2. The van der Waals surface area contributed by atoms with E-state index < -0.39 is 12.7 Å². The summed E-state index contributed by atoms with van der Waals surface area (Å²) in [6.45, 7) is 6.33. The molecule has 0 aliphatic carbocycles. The van der Waals surface area contributed by atoms with Crippen LogP contribution < -0.4 is 5.32 Å². The molecular formula is C13H21F3N2S. The normalized spacial score (nSPS) is 12.7. The van der Waals surface area contributed by atoms with Gasteiger partial charge in [0, 0.05) is 28.9 Å². The number of alkyl halides is 3. The van der Waals surface area contributed by atoms with Gasteiger partial charge >= 0.3 is 6.18 Å². The molecule has 6 heteroatoms. The first-order chi connectivity index (χ1) is 8.67. The van der Waals surface area contributed by atoms with E-state index in [4.69, 9.17) is 0 Å². The van der Waals surface area contributed by atoms with Crippen molar-refractivity contribution in [1.29, 1.82) is 0 Å². The van der Waals surface area contributed by atoms with E-state index in [2.05, 4.69) is 19.2 Å². The van der Waals surface area contributed by atoms with Crippen LogP contribution in [0.15, 0.2) is 6.07 Å². The molecule has 0 radical (unpaired) electrons. The Morgan fingerprint density at radius 1 is 1.37 bits per heavy atom. The molecule has 0 aromatic carbocycles. The zero-order chi connectivity index (χ0) is 14.6. The first-order valence-electron chi connectivity index (χ1n) is 6.24. The minimum atomic E-state index is -4.14. The van der Waals surface area contributed by atoms with E-state index in [-0.39, 0.29) is 0 Å². The zero-order valence-corrected chi connectivity index (χ0v) is 12.6. The van der Waals surface area contributed by atoms with Gasteiger partial charge in [-0.05, 0) is 25.6 Å². The van der Waals surface area contributed by atoms with Crippen LogP contribution in [0.2, 0.25) is 0 Å². The van der Waals surface area contributed by atoms with Crippen LogP contribution >= 0.6 is 11.3 Å². The highest BCUT2D eigenvalue weighted by molar-refractivity contribution is 7.12. The molecule has 0 aliphatic heterocycles. The van der Waals surface area contributed by atoms with Crippen LogP contribution in [0.25, 0.3) is 0 Å². The molecule has 1 rings (SSSR count). The van der Waals surface area contributed by atoms with Crippen molar-refractivity contribution in [2.45, 2.75) is 46.1 Å². The van der Waals surface area contributed by atoms with Crippen molar-refractivity contribution in [3.05, 3.63) is 21.4 Å². The largest absolute Gasteiger partial charge is 0.401 e. The van der Waals surface area contributed by atoms with E-state index in [0.29, 0.717) is 12.6 Å². The van der Waals surface area contributed by atoms with Gasteiger partial charge in [-0.2, -0.15) is 13.2 Å². The Kier molecular flexibility index (Phi) is 5.82. The maximum Gasteiger partial charge on any atom is 0.401 e. The number of nitrogens with one attached hydrogen (secondary N) is 1. The second kappa shape index (κ2) is 6.72. The molecule has 19 heavy (non-hydrogen) atoms. The van der Waals surface area contributed by atoms with Gasteiger partial charge in [0.15, 0.2) is 0 Å². The van der Waals surface area contributed by atoms with E-state index in [1.54, 1.807) is 11.3 Å². The van der Waals surface area contributed by atoms with Crippen LogP contribution in [0.3, 0.4) is 0 Å². The fraction of sp³-hybridized carbons (Fsp3) is 0.692. The SMILES string of the molecule is Cc1sc(CNC(C)C)cc1CN(C)CC(F)(F)F. The van der Waals surface area contributed by atoms with Crippen LogP contribution in [-0.4, -0.2) is 30.7 Å². The number of aryl methyl sites for hydroxylation is 1. The van der Waals surface area contributed by atoms with E-state index in [1.165, 1.54) is 16.8 Å². The Hall–Kier alpha value is -0.590. The molecule has 0 spiro atoms. The molecule has 1 aromatic heterocycles. The Labute approximate surface area is 116 Å². The molecule has 1 aromatic rings. The van der Waals surface area contributed by atoms with Crippen LogP contribution in [0.5, 0.6) is 0 Å². The molecule has 110 valence electrons. The van der Waals surface area contributed by atoms with Gasteiger partial charge in [-0.25, -0.2) is 0 Å². The van der Waals surface area contributed by atoms with Crippen LogP contribution in [0.1, 0.15) is 29.2 Å². The first kappa shape index (κ1) is 16.5. The Morgan fingerprint density at radius 3 is 2.53 bits per heavy atom. The van der Waals surface area contributed by atoms with Crippen molar-refractivity contribution in [1.82, 2.24) is 10.2 Å². The van der Waals surface area contributed by atoms with Gasteiger partial charge in [0.25, 0.3) is 0 Å². The number of thiophene rings is 1. The minimum absolute atomic E-state index is 0.337. The van der Waals surface area contributed by atoms with Gasteiger partial charge in [0.2, 0.25) is 0 Å². The molecule has 0 fully saturated rings. The zero-order valence-electron chi connectivity index (χ0n) is 11.8. The quantitative estimate of drug-likeness (QED) is 0.863. The predicted molar refractivity (Wildman–Crippen MR) is 73.4 cm³/mol. The van der Waals surface area contributed by atoms with Gasteiger partial charge in [0.1, 0.15) is 0 Å². The number of hydrogen-bond donors (Lipinski definition) is 1. The molecule has 0 aliphatic rings. The molecule has 0 amide bonds. The average molecular weight is 294 g/mol. The fourth-order valence-electron chi connectivity index (χ4n) is 1.79. The van der Waals surface area contributed by atoms with Crippen molar-refractivity contribution in [3.63, 3.8) is 0 Å². The van der Waals surface area contributed by atoms with Crippen LogP contribution in [0, 0.1) is 6.92 Å². The maximum atomic E-state index is 12.3. The summed E-state index contributed by atoms with van der Waals surface area (Å²) in [7, 11) is 1.50. The lowest BCUT2D eigenvalue weighted by molar-refractivity contribution is -0.144. The summed E-state index contributed by atoms with van der Waals surface area (Å²) in [4.78, 5) is 3.56. The third-order valence-electron chi connectivity index (χ3n) is 2.65. The van der Waals surface area contributed by atoms with Gasteiger partial charge in [0.05, 0.1) is 6.54 Å². The second-order valence-corrected chi connectivity index (χ2v) is 6.46. The van der Waals surface area contributed by atoms with Gasteiger partial charge in [-0.1, -0.05) is 13.8 Å². The summed E-state index contributed by atoms with van der Waals surface area (Å²) in [6.07, 6.45) is -4.14. The predicted octanol–water partition coefficient (Wildman–Crippen LogP) is 3.55. The lowest BCUT2D eigenvalue weighted by Crippen LogP contribution is -2.30. The Bertz CT molecular complexity index is 399. The number of rotatable bonds is 6. The van der Waals surface area contributed by atoms with E-state index in [9.17, 15) is 13.2 Å². The number of hydrogen-bond acceptors (Lipinski definition) is 3. The van der Waals surface area contributed by atoms with Crippen molar-refractivity contribution < 1.29 is 13.2 Å². The van der Waals surface area contributed by atoms with Crippen molar-refractivity contribution >= 4 is 11.3 Å². The number of nitrogens with zero attached hydrogens (tertiary/aromatic N) is 1. The van der Waals surface area contributed by atoms with Crippen LogP contribution in [0.4, 0.5) is 13.2 Å². The summed E-state index contributed by atoms with van der Waals surface area (Å²) in [5.74, 6) is 0. The van der Waals surface area contributed by atoms with E-state index in [0.717, 1.165) is 17.0 Å². The third-order valence-corrected chi connectivity index (χ3v) is 3.74. The Morgan fingerprint density at radius 2 is 2.00 bits per heavy atom. The highest BCUT2D eigenvalue weighted by atomic mass is 32.1. The second-order valence-electron chi connectivity index (χ2n) is 5.12. The van der Waals surface area contributed by atoms with Gasteiger partial charge in [-0.3, -0.25) is 4.90 Å². The standard InChI is InChI=1S/C13H21F3N2S/c1-9(2)17-6-12-5-11(10(3)19-12)7-18(4)8-13(14,15)16/h5,9,17H,6-8H2,1-4H3. The average Bonchev–Trinajstić information content (AvgIpc) is 2.54. The maximum absolute atomic E-state index is 12.3. The third kappa shape index (κ3) is 6.40. The van der Waals surface area contributed by atoms with Crippen molar-refractivity contribution in [2.24, 2.45) is 0 Å². The smallest absolute Gasteiger partial charge is 0.310 e. The molecule has 2 nitrogen and oxygen atoms in total. The van der Waals surface area contributed by atoms with Crippen molar-refractivity contribution in [2.75, 3.05) is 13.6 Å². The minimum Gasteiger partial charge on any atom is -0.310 e. The summed E-state index contributed by atoms with van der Waals surface area (Å²) < 4.78 is 36.8. The van der Waals surface area contributed by atoms with E-state index >= 15 is 0 Å². The molecule has 1 N–H and O–H groups in total. The van der Waals surface area contributed by atoms with Crippen LogP contribution in [-0.2, 0) is 13.1 Å². The highest BCUT2D eigenvalue weighted by Gasteiger charge is 2.29. The molecule has 0 bridgehead atoms. The molecule has 0 atom stereocenters.